The lowest BCUT2D eigenvalue weighted by Crippen LogP contribution is -2.68. The van der Waals surface area contributed by atoms with E-state index in [0.717, 1.165) is 30.4 Å². The molecule has 3 amide bonds. The maximum atomic E-state index is 14.0. The zero-order valence-corrected chi connectivity index (χ0v) is 24.9. The second-order valence-corrected chi connectivity index (χ2v) is 11.9. The molecule has 4 rings (SSSR count). The van der Waals surface area contributed by atoms with Crippen LogP contribution in [0.15, 0.2) is 29.8 Å². The molecule has 1 unspecified atom stereocenters. The molecule has 0 spiro atoms. The van der Waals surface area contributed by atoms with Crippen LogP contribution in [0.25, 0.3) is 0 Å². The van der Waals surface area contributed by atoms with Crippen LogP contribution in [0.3, 0.4) is 0 Å². The molecule has 11 nitrogen and oxygen atoms in total. The van der Waals surface area contributed by atoms with Crippen LogP contribution in [0, 0.1) is 5.92 Å². The van der Waals surface area contributed by atoms with E-state index in [-0.39, 0.29) is 43.4 Å². The Bertz CT molecular complexity index is 1220. The van der Waals surface area contributed by atoms with E-state index in [2.05, 4.69) is 16.7 Å². The van der Waals surface area contributed by atoms with Crippen LogP contribution in [-0.2, 0) is 41.5 Å². The fraction of sp³-hybridized carbons (Fsp3) is 0.613. The van der Waals surface area contributed by atoms with Crippen LogP contribution >= 0.6 is 0 Å². The van der Waals surface area contributed by atoms with E-state index in [1.54, 1.807) is 25.1 Å². The number of primary amides is 1. The molecule has 0 saturated carbocycles. The lowest BCUT2D eigenvalue weighted by atomic mass is 9.70. The van der Waals surface area contributed by atoms with Crippen LogP contribution in [0.4, 0.5) is 0 Å². The Morgan fingerprint density at radius 1 is 1.21 bits per heavy atom. The predicted molar refractivity (Wildman–Crippen MR) is 156 cm³/mol. The van der Waals surface area contributed by atoms with Crippen LogP contribution in [0.5, 0.6) is 5.75 Å². The highest BCUT2D eigenvalue weighted by Gasteiger charge is 2.58. The molecule has 2 heterocycles. The highest BCUT2D eigenvalue weighted by Crippen LogP contribution is 2.40. The minimum Gasteiger partial charge on any atom is -0.508 e. The van der Waals surface area contributed by atoms with E-state index in [1.165, 1.54) is 6.92 Å². The minimum atomic E-state index is -1.85. The Morgan fingerprint density at radius 3 is 2.50 bits per heavy atom. The highest BCUT2D eigenvalue weighted by atomic mass is 16.6. The van der Waals surface area contributed by atoms with Gasteiger partial charge in [0.2, 0.25) is 17.7 Å². The Kier molecular flexibility index (Phi) is 10.1. The molecule has 1 aliphatic carbocycles. The number of allylic oxidation sites excluding steroid dienone is 2. The molecule has 0 radical (unpaired) electrons. The number of phenolic OH excluding ortho intramolecular Hbond substituents is 1. The zero-order chi connectivity index (χ0) is 30.5. The van der Waals surface area contributed by atoms with Crippen molar-refractivity contribution in [2.24, 2.45) is 11.7 Å². The third-order valence-electron chi connectivity index (χ3n) is 8.65. The summed E-state index contributed by atoms with van der Waals surface area (Å²) in [5, 5.41) is 16.1. The monoisotopic (exact) mass is 584 g/mol. The molecule has 1 aromatic carbocycles. The van der Waals surface area contributed by atoms with Crippen molar-refractivity contribution in [3.05, 3.63) is 41.0 Å². The molecule has 4 atom stereocenters. The van der Waals surface area contributed by atoms with Crippen molar-refractivity contribution in [3.63, 3.8) is 0 Å². The molecule has 230 valence electrons. The Morgan fingerprint density at radius 2 is 1.93 bits per heavy atom. The number of ether oxygens (including phenoxy) is 2. The molecule has 2 aliphatic heterocycles. The number of amides is 3. The van der Waals surface area contributed by atoms with Crippen LogP contribution in [0.2, 0.25) is 0 Å². The number of phenols is 1. The molecule has 0 aromatic heterocycles. The molecule has 3 aliphatic rings. The quantitative estimate of drug-likeness (QED) is 0.187. The van der Waals surface area contributed by atoms with Crippen molar-refractivity contribution < 1.29 is 33.8 Å². The molecular formula is C31H44N4O7. The van der Waals surface area contributed by atoms with Crippen LogP contribution < -0.4 is 16.4 Å². The van der Waals surface area contributed by atoms with E-state index in [1.807, 2.05) is 11.8 Å². The van der Waals surface area contributed by atoms with E-state index >= 15 is 0 Å². The number of carbonyl (C=O) groups is 4. The van der Waals surface area contributed by atoms with Gasteiger partial charge in [0.1, 0.15) is 22.9 Å². The summed E-state index contributed by atoms with van der Waals surface area (Å²) in [6.45, 7) is 7.74. The van der Waals surface area contributed by atoms with Crippen molar-refractivity contribution >= 4 is 23.5 Å². The van der Waals surface area contributed by atoms with Gasteiger partial charge in [0.05, 0.1) is 32.3 Å². The summed E-state index contributed by atoms with van der Waals surface area (Å²) in [6.07, 6.45) is 5.38. The van der Waals surface area contributed by atoms with Gasteiger partial charge in [0.25, 0.3) is 0 Å². The first-order valence-electron chi connectivity index (χ1n) is 14.9. The van der Waals surface area contributed by atoms with Gasteiger partial charge in [-0.05, 0) is 63.1 Å². The second kappa shape index (κ2) is 13.4. The number of ketones is 1. The highest BCUT2D eigenvalue weighted by molar-refractivity contribution is 6.02. The average Bonchev–Trinajstić information content (AvgIpc) is 3.49. The number of hydrogen-bond acceptors (Lipinski definition) is 8. The summed E-state index contributed by atoms with van der Waals surface area (Å²) >= 11 is 0. The number of aryl methyl sites for hydroxylation is 1. The molecule has 5 N–H and O–H groups in total. The number of nitrogens with two attached hydrogens (primary N) is 1. The fourth-order valence-electron chi connectivity index (χ4n) is 5.85. The summed E-state index contributed by atoms with van der Waals surface area (Å²) in [4.78, 5) is 56.0. The maximum absolute atomic E-state index is 14.0. The topological polar surface area (TPSA) is 164 Å². The number of nitrogens with zero attached hydrogens (tertiary/aromatic N) is 1. The van der Waals surface area contributed by atoms with Gasteiger partial charge in [-0.2, -0.15) is 0 Å². The number of rotatable bonds is 14. The molecule has 0 bridgehead atoms. The van der Waals surface area contributed by atoms with Crippen molar-refractivity contribution in [3.8, 4) is 5.75 Å². The third-order valence-corrected chi connectivity index (χ3v) is 8.65. The number of carbonyl (C=O) groups excluding carboxylic acids is 4. The number of Topliss-reactive ketones (excluding diaryl/α,β-unsaturated/α-hetero) is 1. The smallest absolute Gasteiger partial charge is 0.244 e. The predicted octanol–water partition coefficient (Wildman–Crippen LogP) is 1.15. The number of morpholine rings is 1. The Balaban J connectivity index is 1.66. The number of hydrogen-bond donors (Lipinski definition) is 4. The lowest BCUT2D eigenvalue weighted by Gasteiger charge is -2.40. The lowest BCUT2D eigenvalue weighted by molar-refractivity contribution is -0.142. The first kappa shape index (κ1) is 31.7. The van der Waals surface area contributed by atoms with Crippen molar-refractivity contribution in [2.45, 2.75) is 76.5 Å². The molecule has 1 aromatic rings. The SMILES string of the molecule is CCc1ccc(CC(NC(=O)[C@H](C)NC(=O)CN2CCOCC2)(C(N)=O)[C@H](CC2=CCCC2)C(=O)[C@@]2(C)CO2)cc1O. The summed E-state index contributed by atoms with van der Waals surface area (Å²) in [5.74, 6) is -3.14. The van der Waals surface area contributed by atoms with Crippen molar-refractivity contribution in [2.75, 3.05) is 39.5 Å². The van der Waals surface area contributed by atoms with Gasteiger partial charge >= 0.3 is 0 Å². The van der Waals surface area contributed by atoms with Crippen molar-refractivity contribution in [1.29, 1.82) is 0 Å². The minimum absolute atomic E-state index is 0.0577. The first-order valence-corrected chi connectivity index (χ1v) is 14.9. The Labute approximate surface area is 247 Å². The molecule has 11 heteroatoms. The van der Waals surface area contributed by atoms with Gasteiger partial charge in [-0.3, -0.25) is 24.1 Å². The summed E-state index contributed by atoms with van der Waals surface area (Å²) in [7, 11) is 0. The van der Waals surface area contributed by atoms with E-state index in [9.17, 15) is 24.3 Å². The van der Waals surface area contributed by atoms with Gasteiger partial charge in [-0.1, -0.05) is 30.7 Å². The molecule has 2 saturated heterocycles. The number of epoxide rings is 1. The third kappa shape index (κ3) is 7.37. The van der Waals surface area contributed by atoms with Gasteiger partial charge in [0, 0.05) is 19.5 Å². The largest absolute Gasteiger partial charge is 0.508 e. The normalized spacial score (nSPS) is 23.3. The second-order valence-electron chi connectivity index (χ2n) is 11.9. The molecule has 42 heavy (non-hydrogen) atoms. The van der Waals surface area contributed by atoms with Crippen LogP contribution in [-0.4, -0.2) is 90.1 Å². The summed E-state index contributed by atoms with van der Waals surface area (Å²) < 4.78 is 10.8. The molecular weight excluding hydrogens is 540 g/mol. The number of aromatic hydroxyl groups is 1. The van der Waals surface area contributed by atoms with Gasteiger partial charge in [-0.15, -0.1) is 0 Å². The average molecular weight is 585 g/mol. The van der Waals surface area contributed by atoms with Gasteiger partial charge in [0.15, 0.2) is 5.78 Å². The van der Waals surface area contributed by atoms with Gasteiger partial charge in [-0.25, -0.2) is 0 Å². The Hall–Kier alpha value is -3.28. The number of nitrogens with one attached hydrogen (secondary N) is 2. The maximum Gasteiger partial charge on any atom is 0.244 e. The fourth-order valence-corrected chi connectivity index (χ4v) is 5.85. The van der Waals surface area contributed by atoms with E-state index in [4.69, 9.17) is 15.2 Å². The standard InChI is InChI=1S/C31H44N4O7/c1-4-23-10-9-22(16-25(23)36)17-31(29(32)40,24(15-21-7-5-6-8-21)27(38)30(3)19-42-30)34-28(39)20(2)33-26(37)18-35-11-13-41-14-12-35/h7,9-10,16,20,24,36H,4-6,8,11-15,17-19H2,1-3H3,(H2,32,40)(H,33,37)(H,34,39)/t20-,24+,30+,31?/m0/s1. The number of benzene rings is 1. The summed E-state index contributed by atoms with van der Waals surface area (Å²) in [6, 6.07) is 4.06. The summed E-state index contributed by atoms with van der Waals surface area (Å²) in [5.41, 5.74) is 5.48. The van der Waals surface area contributed by atoms with E-state index in [0.29, 0.717) is 38.3 Å². The zero-order valence-electron chi connectivity index (χ0n) is 24.9. The van der Waals surface area contributed by atoms with Crippen LogP contribution in [0.1, 0.15) is 57.6 Å². The van der Waals surface area contributed by atoms with E-state index < -0.39 is 34.9 Å². The van der Waals surface area contributed by atoms with Crippen molar-refractivity contribution in [1.82, 2.24) is 15.5 Å². The van der Waals surface area contributed by atoms with Gasteiger partial charge < -0.3 is 30.9 Å². The first-order chi connectivity index (χ1) is 20.0. The molecule has 2 fully saturated rings.